The number of nitrogens with zero attached hydrogens (tertiary/aromatic N) is 9. The molecule has 7 saturated heterocycles. The Morgan fingerprint density at radius 3 is 2.46 bits per heavy atom. The number of piperidine rings is 4. The first-order valence-corrected chi connectivity index (χ1v) is 29.2. The van der Waals surface area contributed by atoms with Gasteiger partial charge in [0.25, 0.3) is 0 Å². The van der Waals surface area contributed by atoms with Crippen LogP contribution in [0.4, 0.5) is 23.8 Å². The second-order valence-electron chi connectivity index (χ2n) is 23.9. The predicted octanol–water partition coefficient (Wildman–Crippen LogP) is 8.02. The summed E-state index contributed by atoms with van der Waals surface area (Å²) in [6.45, 7) is 8.84. The molecule has 0 saturated carbocycles. The van der Waals surface area contributed by atoms with Crippen LogP contribution in [0, 0.1) is 23.4 Å². The van der Waals surface area contributed by atoms with Crippen molar-refractivity contribution in [1.82, 2.24) is 44.1 Å². The molecule has 13 rings (SSSR count). The number of benzene rings is 3. The summed E-state index contributed by atoms with van der Waals surface area (Å²) in [5.41, 5.74) is 1.03. The summed E-state index contributed by atoms with van der Waals surface area (Å²) < 4.78 is 70.1. The Kier molecular flexibility index (Phi) is 14.0. The number of aromatic nitrogens is 5. The van der Waals surface area contributed by atoms with Crippen LogP contribution in [0.25, 0.3) is 44.0 Å². The fourth-order valence-corrected chi connectivity index (χ4v) is 14.8. The maximum absolute atomic E-state index is 17.4. The van der Waals surface area contributed by atoms with Crippen LogP contribution < -0.4 is 20.6 Å². The number of halogens is 3. The summed E-state index contributed by atoms with van der Waals surface area (Å²) in [6, 6.07) is 8.19. The number of hydrogen-bond acceptors (Lipinski definition) is 14. The number of hydrogen-bond donors (Lipinski definition) is 2. The van der Waals surface area contributed by atoms with Gasteiger partial charge in [0, 0.05) is 76.5 Å². The van der Waals surface area contributed by atoms with E-state index in [0.29, 0.717) is 89.3 Å². The van der Waals surface area contributed by atoms with Gasteiger partial charge in [-0.15, -0.1) is 0 Å². The monoisotopic (exact) mass is 1110 g/mol. The molecule has 6 aromatic rings. The molecule has 21 heteroatoms. The van der Waals surface area contributed by atoms with Gasteiger partial charge in [0.1, 0.15) is 53.7 Å². The molecule has 3 amide bonds. The van der Waals surface area contributed by atoms with Gasteiger partial charge < -0.3 is 34.0 Å². The first-order chi connectivity index (χ1) is 39.2. The van der Waals surface area contributed by atoms with Crippen LogP contribution in [-0.4, -0.2) is 151 Å². The second kappa shape index (κ2) is 21.2. The largest absolute Gasteiger partial charge is 0.508 e. The van der Waals surface area contributed by atoms with E-state index < -0.39 is 35.1 Å². The number of nitrogens with one attached hydrogen (secondary N) is 1. The number of amides is 3. The molecule has 428 valence electrons. The van der Waals surface area contributed by atoms with Gasteiger partial charge in [-0.2, -0.15) is 9.97 Å². The van der Waals surface area contributed by atoms with E-state index in [1.165, 1.54) is 27.3 Å². The van der Waals surface area contributed by atoms with Gasteiger partial charge in [0.2, 0.25) is 11.8 Å². The quantitative estimate of drug-likeness (QED) is 0.112. The van der Waals surface area contributed by atoms with E-state index in [0.717, 1.165) is 96.8 Å². The average Bonchev–Trinajstić information content (AvgIpc) is 4.19. The van der Waals surface area contributed by atoms with Crippen LogP contribution in [-0.2, 0) is 32.5 Å². The molecule has 3 aromatic carbocycles. The minimum absolute atomic E-state index is 0.00265. The molecule has 7 aliphatic heterocycles. The number of carbonyl (C=O) groups excluding carboxylic acids is 3. The lowest BCUT2D eigenvalue weighted by molar-refractivity contribution is -0.151. The van der Waals surface area contributed by atoms with Gasteiger partial charge in [-0.1, -0.05) is 13.0 Å². The Balaban J connectivity index is 0.635. The van der Waals surface area contributed by atoms with E-state index in [2.05, 4.69) is 25.0 Å². The molecule has 7 fully saturated rings. The summed E-state index contributed by atoms with van der Waals surface area (Å²) in [6.07, 6.45) is 11.3. The molecular weight excluding hydrogens is 1050 g/mol. The predicted molar refractivity (Wildman–Crippen MR) is 296 cm³/mol. The highest BCUT2D eigenvalue weighted by Gasteiger charge is 2.51. The number of imidazole rings is 1. The number of rotatable bonds is 12. The first-order valence-electron chi connectivity index (χ1n) is 29.2. The van der Waals surface area contributed by atoms with Crippen molar-refractivity contribution in [3.05, 3.63) is 81.7 Å². The SMILES string of the molecule is CCc1c(F)ccc2cc(O)cc(-c3ncc4c(N5CCC[C@]6(CCO6)C5)nc(OC[C@@]56CCCN5[C@H](COC(=O)N5CCC(CN7CCC(c8cc9c(cc8F)n(C8CCC(=O)NC8=O)c(=O)n9C)CC7)CC5)CC6)nc4c3F)c12. The highest BCUT2D eigenvalue weighted by molar-refractivity contribution is 6.02. The van der Waals surface area contributed by atoms with E-state index in [1.54, 1.807) is 31.4 Å². The molecule has 81 heavy (non-hydrogen) atoms. The topological polar surface area (TPSA) is 190 Å². The minimum atomic E-state index is -0.878. The van der Waals surface area contributed by atoms with Gasteiger partial charge in [-0.3, -0.25) is 33.9 Å². The maximum Gasteiger partial charge on any atom is 0.409 e. The van der Waals surface area contributed by atoms with E-state index >= 15 is 13.2 Å². The molecule has 2 N–H and O–H groups in total. The summed E-state index contributed by atoms with van der Waals surface area (Å²) in [5, 5.41) is 14.6. The lowest BCUT2D eigenvalue weighted by Crippen LogP contribution is -2.56. The Bertz CT molecular complexity index is 3560. The Morgan fingerprint density at radius 2 is 1.69 bits per heavy atom. The highest BCUT2D eigenvalue weighted by Crippen LogP contribution is 2.45. The summed E-state index contributed by atoms with van der Waals surface area (Å²) in [4.78, 5) is 74.6. The first kappa shape index (κ1) is 53.5. The van der Waals surface area contributed by atoms with Gasteiger partial charge in [-0.05, 0) is 155 Å². The van der Waals surface area contributed by atoms with Crippen LogP contribution in [0.1, 0.15) is 113 Å². The van der Waals surface area contributed by atoms with Crippen LogP contribution in [0.15, 0.2) is 47.4 Å². The fraction of sp³-hybridized carbons (Fsp3) is 0.550. The third kappa shape index (κ3) is 9.63. The number of anilines is 1. The molecule has 1 spiro atoms. The molecule has 7 aliphatic rings. The fourth-order valence-electron chi connectivity index (χ4n) is 14.8. The Hall–Kier alpha value is -6.84. The number of likely N-dealkylation sites (tertiary alicyclic amines) is 2. The molecule has 0 radical (unpaired) electrons. The summed E-state index contributed by atoms with van der Waals surface area (Å²) in [5.74, 6) is -1.68. The van der Waals surface area contributed by atoms with Crippen LogP contribution >= 0.6 is 0 Å². The number of fused-ring (bicyclic) bond motifs is 4. The normalized spacial score (nSPS) is 25.1. The van der Waals surface area contributed by atoms with Crippen LogP contribution in [0.2, 0.25) is 0 Å². The lowest BCUT2D eigenvalue weighted by atomic mass is 9.86. The van der Waals surface area contributed by atoms with Gasteiger partial charge in [0.05, 0.1) is 34.2 Å². The van der Waals surface area contributed by atoms with Crippen molar-refractivity contribution in [2.45, 2.75) is 126 Å². The molecule has 0 bridgehead atoms. The van der Waals surface area contributed by atoms with Gasteiger partial charge in [-0.25, -0.2) is 22.8 Å². The van der Waals surface area contributed by atoms with E-state index in [-0.39, 0.29) is 89.7 Å². The van der Waals surface area contributed by atoms with Crippen molar-refractivity contribution in [2.24, 2.45) is 13.0 Å². The zero-order chi connectivity index (χ0) is 55.9. The molecule has 3 aromatic heterocycles. The smallest absolute Gasteiger partial charge is 0.409 e. The van der Waals surface area contributed by atoms with Crippen molar-refractivity contribution in [2.75, 3.05) is 77.1 Å². The zero-order valence-corrected chi connectivity index (χ0v) is 46.0. The molecule has 18 nitrogen and oxygen atoms in total. The van der Waals surface area contributed by atoms with Crippen molar-refractivity contribution in [3.8, 4) is 23.0 Å². The van der Waals surface area contributed by atoms with Crippen molar-refractivity contribution >= 4 is 56.4 Å². The maximum atomic E-state index is 17.4. The lowest BCUT2D eigenvalue weighted by Gasteiger charge is -2.48. The number of aryl methyl sites for hydroxylation is 2. The standard InChI is InChI=1S/C60H69F3N10O8/c1-3-40-44(61)7-6-37-26-39(74)27-42(50(37)40)52-51(63)53-43(30-64-52)54(71-19-5-16-60(33-71)18-25-81-60)67-56(66-53)80-34-59-15-4-20-72(59)38(10-17-59)32-79-58(78)70-23-11-35(12-24-70)31-69-21-13-36(14-22-69)41-28-47-48(29-45(41)62)73(57(77)68(47)2)46-8-9-49(75)65-55(46)76/h6-7,26-30,35-36,38,46,74H,3-5,8-25,31-34H2,1-2H3,(H,65,75,76)/t38-,46?,59-,60-/m0/s1. The molecular formula is C60H69F3N10O8. The minimum Gasteiger partial charge on any atom is -0.508 e. The zero-order valence-electron chi connectivity index (χ0n) is 46.0. The molecule has 1 unspecified atom stereocenters. The summed E-state index contributed by atoms with van der Waals surface area (Å²) >= 11 is 0. The average molecular weight is 1120 g/mol. The molecule has 10 heterocycles. The third-order valence-corrected chi connectivity index (χ3v) is 19.3. The number of aromatic hydroxyl groups is 1. The third-order valence-electron chi connectivity index (χ3n) is 19.3. The van der Waals surface area contributed by atoms with E-state index in [1.807, 2.05) is 11.8 Å². The molecule has 0 aliphatic carbocycles. The van der Waals surface area contributed by atoms with Gasteiger partial charge in [0.15, 0.2) is 5.82 Å². The summed E-state index contributed by atoms with van der Waals surface area (Å²) in [7, 11) is 1.62. The van der Waals surface area contributed by atoms with Crippen LogP contribution in [0.3, 0.4) is 0 Å². The highest BCUT2D eigenvalue weighted by atomic mass is 19.1. The van der Waals surface area contributed by atoms with E-state index in [4.69, 9.17) is 24.2 Å². The second-order valence-corrected chi connectivity index (χ2v) is 23.9. The van der Waals surface area contributed by atoms with Crippen LogP contribution in [0.5, 0.6) is 11.8 Å². The number of pyridine rings is 1. The van der Waals surface area contributed by atoms with Crippen molar-refractivity contribution in [3.63, 3.8) is 0 Å². The number of ether oxygens (including phenoxy) is 3. The van der Waals surface area contributed by atoms with Crippen molar-refractivity contribution < 1.29 is 46.9 Å². The number of carbonyl (C=O) groups is 3. The van der Waals surface area contributed by atoms with Crippen molar-refractivity contribution in [1.29, 1.82) is 0 Å². The number of phenolic OH excluding ortho intramolecular Hbond substituents is 1. The number of imide groups is 1. The number of phenols is 1. The molecule has 4 atom stereocenters. The van der Waals surface area contributed by atoms with E-state index in [9.17, 15) is 24.3 Å². The Labute approximate surface area is 466 Å². The van der Waals surface area contributed by atoms with Gasteiger partial charge >= 0.3 is 17.8 Å². The Morgan fingerprint density at radius 1 is 0.889 bits per heavy atom.